The van der Waals surface area contributed by atoms with Crippen molar-refractivity contribution in [3.63, 3.8) is 0 Å². The highest BCUT2D eigenvalue weighted by atomic mass is 16.5. The van der Waals surface area contributed by atoms with Crippen LogP contribution in [0, 0.1) is 23.2 Å². The summed E-state index contributed by atoms with van der Waals surface area (Å²) in [5, 5.41) is 2.19. The van der Waals surface area contributed by atoms with Gasteiger partial charge in [-0.2, -0.15) is 0 Å². The molecule has 144 valence electrons. The fourth-order valence-corrected chi connectivity index (χ4v) is 6.77. The van der Waals surface area contributed by atoms with Crippen molar-refractivity contribution >= 4 is 17.5 Å². The average Bonchev–Trinajstić information content (AvgIpc) is 2.93. The fraction of sp³-hybridized carbons (Fsp3) is 0.636. The fourth-order valence-electron chi connectivity index (χ4n) is 6.77. The van der Waals surface area contributed by atoms with Crippen LogP contribution >= 0.6 is 0 Å². The summed E-state index contributed by atoms with van der Waals surface area (Å²) in [6.45, 7) is 1.01. The Hall–Kier alpha value is -1.88. The molecule has 6 rings (SSSR count). The summed E-state index contributed by atoms with van der Waals surface area (Å²) in [6, 6.07) is 6.91. The van der Waals surface area contributed by atoms with Gasteiger partial charge in [0, 0.05) is 5.41 Å². The van der Waals surface area contributed by atoms with Crippen molar-refractivity contribution in [2.45, 2.75) is 51.0 Å². The lowest BCUT2D eigenvalue weighted by atomic mass is 9.49. The maximum Gasteiger partial charge on any atom is 0.292 e. The molecule has 27 heavy (non-hydrogen) atoms. The van der Waals surface area contributed by atoms with Crippen LogP contribution in [0.2, 0.25) is 0 Å². The largest absolute Gasteiger partial charge is 0.497 e. The number of hydrogen-bond donors (Lipinski definition) is 1. The summed E-state index contributed by atoms with van der Waals surface area (Å²) in [5.74, 6) is 3.33. The third-order valence-corrected chi connectivity index (χ3v) is 7.51. The van der Waals surface area contributed by atoms with E-state index >= 15 is 0 Å². The van der Waals surface area contributed by atoms with Crippen LogP contribution in [0.5, 0.6) is 5.75 Å². The molecule has 4 aliphatic carbocycles. The zero-order valence-corrected chi connectivity index (χ0v) is 16.0. The van der Waals surface area contributed by atoms with Gasteiger partial charge in [0.2, 0.25) is 5.91 Å². The van der Waals surface area contributed by atoms with E-state index in [0.29, 0.717) is 17.5 Å². The van der Waals surface area contributed by atoms with Gasteiger partial charge in [0.15, 0.2) is 6.04 Å². The summed E-state index contributed by atoms with van der Waals surface area (Å²) in [6.07, 6.45) is 8.64. The Morgan fingerprint density at radius 2 is 1.63 bits per heavy atom. The summed E-state index contributed by atoms with van der Waals surface area (Å²) in [7, 11) is 1.61. The minimum absolute atomic E-state index is 0.0603. The molecule has 1 heterocycles. The molecule has 5 nitrogen and oxygen atoms in total. The maximum atomic E-state index is 12.9. The highest BCUT2D eigenvalue weighted by Gasteiger charge is 2.53. The summed E-state index contributed by atoms with van der Waals surface area (Å²) in [4.78, 5) is 26.8. The molecule has 1 aromatic rings. The van der Waals surface area contributed by atoms with Crippen molar-refractivity contribution in [2.24, 2.45) is 23.2 Å². The molecule has 1 aliphatic heterocycles. The first-order valence-electron chi connectivity index (χ1n) is 10.4. The van der Waals surface area contributed by atoms with Gasteiger partial charge in [-0.05, 0) is 80.5 Å². The first kappa shape index (κ1) is 17.2. The monoisotopic (exact) mass is 369 g/mol. The van der Waals surface area contributed by atoms with Gasteiger partial charge in [0.25, 0.3) is 5.91 Å². The van der Waals surface area contributed by atoms with Crippen molar-refractivity contribution in [3.8, 4) is 5.75 Å². The Balaban J connectivity index is 1.26. The molecule has 2 amide bonds. The number of nitrogens with zero attached hydrogens (tertiary/aromatic N) is 1. The molecule has 1 aromatic carbocycles. The van der Waals surface area contributed by atoms with E-state index in [4.69, 9.17) is 4.74 Å². The lowest BCUT2D eigenvalue weighted by Crippen LogP contribution is -2.94. The molecule has 4 bridgehead atoms. The number of methoxy groups -OCH3 is 1. The van der Waals surface area contributed by atoms with Gasteiger partial charge >= 0.3 is 0 Å². The van der Waals surface area contributed by atoms with Crippen molar-refractivity contribution in [1.82, 2.24) is 0 Å². The number of quaternary nitrogens is 1. The predicted octanol–water partition coefficient (Wildman–Crippen LogP) is 2.11. The van der Waals surface area contributed by atoms with Crippen molar-refractivity contribution in [2.75, 3.05) is 18.6 Å². The Morgan fingerprint density at radius 3 is 2.19 bits per heavy atom. The van der Waals surface area contributed by atoms with E-state index in [2.05, 4.69) is 5.32 Å². The number of amides is 2. The number of anilines is 1. The number of carbonyl (C=O) groups excluding carboxylic acids is 2. The van der Waals surface area contributed by atoms with Crippen LogP contribution in [0.3, 0.4) is 0 Å². The number of ether oxygens (including phenoxy) is 1. The second kappa shape index (κ2) is 6.33. The number of nitrogens with two attached hydrogens (primary N) is 1. The Kier molecular flexibility index (Phi) is 4.04. The van der Waals surface area contributed by atoms with Crippen LogP contribution in [0.15, 0.2) is 24.3 Å². The van der Waals surface area contributed by atoms with Crippen molar-refractivity contribution < 1.29 is 19.6 Å². The van der Waals surface area contributed by atoms with Crippen LogP contribution in [0.25, 0.3) is 0 Å². The standard InChI is InChI=1S/C22H28N2O3/c1-27-18-4-2-17(3-5-18)24-20(25)9-19(21(24)26)23-13-22-10-14-6-15(11-22)8-16(7-14)12-22/h2-5,14-16,19,23H,6-13H2,1H3/p+1/t14?,15?,16?,19-,22?/m1/s1. The molecule has 0 aromatic heterocycles. The third kappa shape index (κ3) is 2.96. The van der Waals surface area contributed by atoms with Crippen molar-refractivity contribution in [3.05, 3.63) is 24.3 Å². The van der Waals surface area contributed by atoms with E-state index in [1.807, 2.05) is 0 Å². The normalized spacial score (nSPS) is 37.3. The van der Waals surface area contributed by atoms with Crippen LogP contribution in [0.1, 0.15) is 44.9 Å². The number of benzene rings is 1. The van der Waals surface area contributed by atoms with E-state index < -0.39 is 0 Å². The highest BCUT2D eigenvalue weighted by molar-refractivity contribution is 6.21. The predicted molar refractivity (Wildman–Crippen MR) is 101 cm³/mol. The van der Waals surface area contributed by atoms with Crippen LogP contribution in [-0.2, 0) is 9.59 Å². The van der Waals surface area contributed by atoms with Gasteiger partial charge in [-0.1, -0.05) is 0 Å². The van der Waals surface area contributed by atoms with E-state index in [9.17, 15) is 9.59 Å². The average molecular weight is 369 g/mol. The van der Waals surface area contributed by atoms with Gasteiger partial charge in [-0.15, -0.1) is 0 Å². The molecule has 0 radical (unpaired) electrons. The van der Waals surface area contributed by atoms with E-state index in [-0.39, 0.29) is 17.9 Å². The molecule has 1 saturated heterocycles. The smallest absolute Gasteiger partial charge is 0.292 e. The lowest BCUT2D eigenvalue weighted by Gasteiger charge is -2.56. The second-order valence-electron chi connectivity index (χ2n) is 9.43. The molecule has 5 fully saturated rings. The number of rotatable bonds is 5. The number of imide groups is 1. The summed E-state index contributed by atoms with van der Waals surface area (Å²) < 4.78 is 5.17. The first-order valence-corrected chi connectivity index (χ1v) is 10.4. The van der Waals surface area contributed by atoms with Crippen molar-refractivity contribution in [1.29, 1.82) is 0 Å². The molecule has 0 spiro atoms. The molecule has 1 atom stereocenters. The van der Waals surface area contributed by atoms with Gasteiger partial charge in [0.1, 0.15) is 5.75 Å². The van der Waals surface area contributed by atoms with Crippen LogP contribution < -0.4 is 15.0 Å². The van der Waals surface area contributed by atoms with E-state index in [1.54, 1.807) is 31.4 Å². The minimum atomic E-state index is -0.257. The summed E-state index contributed by atoms with van der Waals surface area (Å²) in [5.41, 5.74) is 1.07. The highest BCUT2D eigenvalue weighted by Crippen LogP contribution is 2.59. The van der Waals surface area contributed by atoms with Crippen LogP contribution in [0.4, 0.5) is 5.69 Å². The van der Waals surface area contributed by atoms with Gasteiger partial charge in [-0.3, -0.25) is 9.59 Å². The second-order valence-corrected chi connectivity index (χ2v) is 9.43. The maximum absolute atomic E-state index is 12.9. The van der Waals surface area contributed by atoms with Gasteiger partial charge < -0.3 is 10.1 Å². The molecule has 0 unspecified atom stereocenters. The van der Waals surface area contributed by atoms with E-state index in [0.717, 1.165) is 30.0 Å². The van der Waals surface area contributed by atoms with Crippen LogP contribution in [-0.4, -0.2) is 31.5 Å². The zero-order valence-electron chi connectivity index (χ0n) is 16.0. The molecule has 2 N–H and O–H groups in total. The quantitative estimate of drug-likeness (QED) is 0.809. The first-order chi connectivity index (χ1) is 13.0. The molecule has 5 aliphatic rings. The number of hydrogen-bond acceptors (Lipinski definition) is 3. The SMILES string of the molecule is COc1ccc(N2C(=O)C[C@@H]([NH2+]CC34CC5CC(CC(C5)C3)C4)C2=O)cc1. The Morgan fingerprint density at radius 1 is 1.04 bits per heavy atom. The zero-order chi connectivity index (χ0) is 18.6. The topological polar surface area (TPSA) is 63.2 Å². The molecular formula is C22H29N2O3+. The van der Waals surface area contributed by atoms with Gasteiger partial charge in [0.05, 0.1) is 25.8 Å². The van der Waals surface area contributed by atoms with Gasteiger partial charge in [-0.25, -0.2) is 4.90 Å². The lowest BCUT2D eigenvalue weighted by molar-refractivity contribution is -0.687. The molecule has 4 saturated carbocycles. The summed E-state index contributed by atoms with van der Waals surface area (Å²) >= 11 is 0. The number of carbonyl (C=O) groups is 2. The molecular weight excluding hydrogens is 340 g/mol. The third-order valence-electron chi connectivity index (χ3n) is 7.51. The Labute approximate surface area is 160 Å². The molecule has 5 heteroatoms. The minimum Gasteiger partial charge on any atom is -0.497 e. The Bertz CT molecular complexity index is 722. The van der Waals surface area contributed by atoms with E-state index in [1.165, 1.54) is 43.4 Å².